The maximum absolute atomic E-state index is 12.9. The first-order chi connectivity index (χ1) is 11.5. The molecule has 2 aliphatic heterocycles. The molecule has 2 N–H and O–H groups in total. The van der Waals surface area contributed by atoms with E-state index in [-0.39, 0.29) is 55.5 Å². The maximum Gasteiger partial charge on any atom is 0.248 e. The van der Waals surface area contributed by atoms with E-state index in [1.54, 1.807) is 13.1 Å². The molecule has 10 heteroatoms. The molecule has 2 saturated heterocycles. The van der Waals surface area contributed by atoms with Gasteiger partial charge in [-0.15, -0.1) is 49.6 Å². The van der Waals surface area contributed by atoms with Crippen molar-refractivity contribution in [3.05, 3.63) is 30.1 Å². The largest absolute Gasteiger partial charge is 0.338 e. The molecule has 28 heavy (non-hydrogen) atoms. The van der Waals surface area contributed by atoms with Crippen LogP contribution in [0.2, 0.25) is 0 Å². The number of hydrogen-bond donors (Lipinski definition) is 1. The summed E-state index contributed by atoms with van der Waals surface area (Å²) in [4.78, 5) is 24.0. The van der Waals surface area contributed by atoms with Crippen LogP contribution in [0.1, 0.15) is 25.5 Å². The first-order valence-corrected chi connectivity index (χ1v) is 8.91. The van der Waals surface area contributed by atoms with Crippen LogP contribution in [0, 0.1) is 0 Å². The number of likely N-dealkylation sites (tertiary alicyclic amines) is 1. The predicted octanol–water partition coefficient (Wildman–Crippen LogP) is 2.18. The zero-order valence-electron chi connectivity index (χ0n) is 16.5. The van der Waals surface area contributed by atoms with Crippen molar-refractivity contribution in [3.8, 4) is 0 Å². The van der Waals surface area contributed by atoms with Crippen molar-refractivity contribution >= 4 is 55.5 Å². The second-order valence-electron chi connectivity index (χ2n) is 7.28. The standard InChI is InChI=1S/C18H29N5O.4ClH/c1-18(19,16-5-3-4-8-20-16)17(24)23-13-11-22(12-14-23)15-6-9-21(2)10-7-15;;;;/h3-5,8,15H,6-7,9-14,19H2,1-2H3;4*1H/t18-;;;;/m0..../s1. The van der Waals surface area contributed by atoms with Crippen molar-refractivity contribution < 1.29 is 4.79 Å². The monoisotopic (exact) mass is 475 g/mol. The molecule has 3 rings (SSSR count). The highest BCUT2D eigenvalue weighted by Crippen LogP contribution is 2.21. The molecule has 1 amide bonds. The Morgan fingerprint density at radius 1 is 1.04 bits per heavy atom. The fourth-order valence-electron chi connectivity index (χ4n) is 3.76. The summed E-state index contributed by atoms with van der Waals surface area (Å²) < 4.78 is 0. The topological polar surface area (TPSA) is 65.7 Å². The van der Waals surface area contributed by atoms with Crippen LogP contribution in [-0.2, 0) is 10.3 Å². The number of halogens is 4. The molecule has 3 heterocycles. The van der Waals surface area contributed by atoms with E-state index in [9.17, 15) is 4.79 Å². The summed E-state index contributed by atoms with van der Waals surface area (Å²) in [5.74, 6) is -0.0239. The van der Waals surface area contributed by atoms with Gasteiger partial charge < -0.3 is 15.5 Å². The maximum atomic E-state index is 12.9. The summed E-state index contributed by atoms with van der Waals surface area (Å²) in [5.41, 5.74) is 5.91. The van der Waals surface area contributed by atoms with Crippen molar-refractivity contribution in [2.24, 2.45) is 5.73 Å². The van der Waals surface area contributed by atoms with Crippen LogP contribution in [-0.4, -0.2) is 77.9 Å². The minimum absolute atomic E-state index is 0. The number of piperidine rings is 1. The molecule has 0 radical (unpaired) electrons. The highest BCUT2D eigenvalue weighted by atomic mass is 35.5. The molecule has 6 nitrogen and oxygen atoms in total. The Morgan fingerprint density at radius 3 is 2.11 bits per heavy atom. The lowest BCUT2D eigenvalue weighted by Gasteiger charge is -2.43. The van der Waals surface area contributed by atoms with Gasteiger partial charge >= 0.3 is 0 Å². The third-order valence-corrected chi connectivity index (χ3v) is 5.45. The highest BCUT2D eigenvalue weighted by Gasteiger charge is 2.37. The van der Waals surface area contributed by atoms with Gasteiger partial charge in [0.2, 0.25) is 5.91 Å². The fraction of sp³-hybridized carbons (Fsp3) is 0.667. The van der Waals surface area contributed by atoms with E-state index in [1.165, 1.54) is 25.9 Å². The summed E-state index contributed by atoms with van der Waals surface area (Å²) in [6, 6.07) is 6.20. The number of aromatic nitrogens is 1. The molecule has 0 saturated carbocycles. The van der Waals surface area contributed by atoms with Crippen molar-refractivity contribution in [3.63, 3.8) is 0 Å². The van der Waals surface area contributed by atoms with Gasteiger partial charge in [0.15, 0.2) is 0 Å². The van der Waals surface area contributed by atoms with Gasteiger partial charge in [0.05, 0.1) is 5.69 Å². The SMILES string of the molecule is CN1CCC(N2CCN(C(=O)[C@@](C)(N)c3ccccn3)CC2)CC1.Cl.Cl.Cl.Cl. The number of nitrogens with zero attached hydrogens (tertiary/aromatic N) is 4. The Morgan fingerprint density at radius 2 is 1.61 bits per heavy atom. The van der Waals surface area contributed by atoms with Crippen LogP contribution in [0.4, 0.5) is 0 Å². The van der Waals surface area contributed by atoms with E-state index in [4.69, 9.17) is 5.73 Å². The smallest absolute Gasteiger partial charge is 0.248 e. The van der Waals surface area contributed by atoms with Gasteiger partial charge in [0.25, 0.3) is 0 Å². The highest BCUT2D eigenvalue weighted by molar-refractivity contribution is 5.87. The second kappa shape index (κ2) is 13.1. The van der Waals surface area contributed by atoms with Crippen LogP contribution < -0.4 is 5.73 Å². The fourth-order valence-corrected chi connectivity index (χ4v) is 3.76. The lowest BCUT2D eigenvalue weighted by molar-refractivity contribution is -0.139. The van der Waals surface area contributed by atoms with Crippen LogP contribution in [0.5, 0.6) is 0 Å². The summed E-state index contributed by atoms with van der Waals surface area (Å²) in [6.45, 7) is 7.50. The van der Waals surface area contributed by atoms with E-state index in [0.717, 1.165) is 26.2 Å². The number of pyridine rings is 1. The predicted molar refractivity (Wildman–Crippen MR) is 123 cm³/mol. The number of piperazine rings is 1. The number of amides is 1. The van der Waals surface area contributed by atoms with Gasteiger partial charge in [0, 0.05) is 38.4 Å². The minimum Gasteiger partial charge on any atom is -0.338 e. The first-order valence-electron chi connectivity index (χ1n) is 8.91. The molecule has 1 aromatic heterocycles. The lowest BCUT2D eigenvalue weighted by atomic mass is 9.95. The van der Waals surface area contributed by atoms with Crippen LogP contribution in [0.25, 0.3) is 0 Å². The van der Waals surface area contributed by atoms with Crippen molar-refractivity contribution in [1.29, 1.82) is 0 Å². The molecular formula is C18H33Cl4N5O. The molecule has 0 bridgehead atoms. The van der Waals surface area contributed by atoms with Crippen LogP contribution in [0.3, 0.4) is 0 Å². The molecule has 0 spiro atoms. The Balaban J connectivity index is 0. The van der Waals surface area contributed by atoms with Gasteiger partial charge in [0.1, 0.15) is 5.54 Å². The third-order valence-electron chi connectivity index (χ3n) is 5.45. The Hall–Kier alpha value is -0.340. The first kappa shape index (κ1) is 29.9. The molecule has 0 unspecified atom stereocenters. The molecular weight excluding hydrogens is 444 g/mol. The van der Waals surface area contributed by atoms with E-state index in [2.05, 4.69) is 21.8 Å². The van der Waals surface area contributed by atoms with E-state index in [0.29, 0.717) is 11.7 Å². The number of rotatable bonds is 3. The normalized spacial score (nSPS) is 20.5. The molecule has 2 fully saturated rings. The zero-order chi connectivity index (χ0) is 17.2. The molecule has 1 atom stereocenters. The molecule has 0 aliphatic carbocycles. The molecule has 1 aromatic rings. The van der Waals surface area contributed by atoms with Gasteiger partial charge in [-0.05, 0) is 52.0 Å². The zero-order valence-corrected chi connectivity index (χ0v) is 19.7. The summed E-state index contributed by atoms with van der Waals surface area (Å²) in [6.07, 6.45) is 4.14. The van der Waals surface area contributed by atoms with Crippen molar-refractivity contribution in [2.75, 3.05) is 46.3 Å². The van der Waals surface area contributed by atoms with E-state index >= 15 is 0 Å². The van der Waals surface area contributed by atoms with Crippen molar-refractivity contribution in [2.45, 2.75) is 31.3 Å². The molecule has 2 aliphatic rings. The van der Waals surface area contributed by atoms with Gasteiger partial charge in [-0.1, -0.05) is 6.07 Å². The lowest BCUT2D eigenvalue weighted by Crippen LogP contribution is -2.59. The third kappa shape index (κ3) is 6.87. The summed E-state index contributed by atoms with van der Waals surface area (Å²) in [7, 11) is 2.19. The number of carbonyl (C=O) groups excluding carboxylic acids is 1. The van der Waals surface area contributed by atoms with E-state index < -0.39 is 5.54 Å². The number of carbonyl (C=O) groups is 1. The van der Waals surface area contributed by atoms with Gasteiger partial charge in [-0.3, -0.25) is 14.7 Å². The van der Waals surface area contributed by atoms with Crippen LogP contribution >= 0.6 is 49.6 Å². The van der Waals surface area contributed by atoms with Gasteiger partial charge in [-0.25, -0.2) is 0 Å². The van der Waals surface area contributed by atoms with Crippen molar-refractivity contribution in [1.82, 2.24) is 19.7 Å². The molecule has 164 valence electrons. The van der Waals surface area contributed by atoms with Gasteiger partial charge in [-0.2, -0.15) is 0 Å². The summed E-state index contributed by atoms with van der Waals surface area (Å²) >= 11 is 0. The Kier molecular flexibility index (Phi) is 13.9. The average molecular weight is 477 g/mol. The summed E-state index contributed by atoms with van der Waals surface area (Å²) in [5, 5.41) is 0. The van der Waals surface area contributed by atoms with Crippen LogP contribution in [0.15, 0.2) is 24.4 Å². The number of hydrogen-bond acceptors (Lipinski definition) is 5. The van der Waals surface area contributed by atoms with E-state index in [1.807, 2.05) is 23.1 Å². The average Bonchev–Trinajstić information content (AvgIpc) is 2.62. The Bertz CT molecular complexity index is 562. The minimum atomic E-state index is -1.06. The molecule has 0 aromatic carbocycles. The quantitative estimate of drug-likeness (QED) is 0.724. The Labute approximate surface area is 193 Å². The number of nitrogens with two attached hydrogens (primary N) is 1. The second-order valence-corrected chi connectivity index (χ2v) is 7.28.